The zero-order chi connectivity index (χ0) is 11.7. The third-order valence-corrected chi connectivity index (χ3v) is 3.02. The second kappa shape index (κ2) is 3.97. The lowest BCUT2D eigenvalue weighted by molar-refractivity contribution is 0.768. The molecule has 0 radical (unpaired) electrons. The van der Waals surface area contributed by atoms with Gasteiger partial charge in [0.1, 0.15) is 0 Å². The van der Waals surface area contributed by atoms with Crippen LogP contribution in [0.2, 0.25) is 0 Å². The van der Waals surface area contributed by atoms with E-state index in [-0.39, 0.29) is 5.92 Å². The van der Waals surface area contributed by atoms with Crippen molar-refractivity contribution in [3.8, 4) is 0 Å². The van der Waals surface area contributed by atoms with Gasteiger partial charge >= 0.3 is 0 Å². The molecule has 0 aliphatic rings. The average molecular weight is 226 g/mol. The Morgan fingerprint density at radius 1 is 1.12 bits per heavy atom. The molecule has 17 heavy (non-hydrogen) atoms. The van der Waals surface area contributed by atoms with Crippen molar-refractivity contribution in [2.45, 2.75) is 5.92 Å². The van der Waals surface area contributed by atoms with Gasteiger partial charge in [-0.3, -0.25) is 0 Å². The summed E-state index contributed by atoms with van der Waals surface area (Å²) in [5, 5.41) is 0. The van der Waals surface area contributed by atoms with Crippen LogP contribution in [0.4, 0.5) is 0 Å². The van der Waals surface area contributed by atoms with Gasteiger partial charge in [-0.05, 0) is 24.3 Å². The van der Waals surface area contributed by atoms with E-state index in [0.717, 1.165) is 17.1 Å². The highest BCUT2D eigenvalue weighted by Gasteiger charge is 2.20. The van der Waals surface area contributed by atoms with Crippen LogP contribution in [0, 0.1) is 0 Å². The molecule has 0 saturated heterocycles. The van der Waals surface area contributed by atoms with Crippen LogP contribution in [0.5, 0.6) is 0 Å². The van der Waals surface area contributed by atoms with Crippen molar-refractivity contribution in [2.75, 3.05) is 0 Å². The van der Waals surface area contributed by atoms with Crippen molar-refractivity contribution >= 4 is 0 Å². The van der Waals surface area contributed by atoms with Crippen LogP contribution < -0.4 is 0 Å². The Hall–Kier alpha value is -2.23. The molecule has 4 heteroatoms. The van der Waals surface area contributed by atoms with Gasteiger partial charge in [0.2, 0.25) is 0 Å². The molecule has 0 unspecified atom stereocenters. The lowest BCUT2D eigenvalue weighted by atomic mass is 9.98. The fraction of sp³-hybridized carbons (Fsp3) is 0.154. The minimum absolute atomic E-state index is 0.174. The molecule has 4 nitrogen and oxygen atoms in total. The van der Waals surface area contributed by atoms with Crippen molar-refractivity contribution < 1.29 is 0 Å². The number of imidazole rings is 1. The molecule has 2 N–H and O–H groups in total. The summed E-state index contributed by atoms with van der Waals surface area (Å²) in [6, 6.07) is 8.22. The maximum Gasteiger partial charge on any atom is 0.0945 e. The Morgan fingerprint density at radius 3 is 2.18 bits per heavy atom. The van der Waals surface area contributed by atoms with E-state index in [2.05, 4.69) is 27.1 Å². The summed E-state index contributed by atoms with van der Waals surface area (Å²) >= 11 is 0. The van der Waals surface area contributed by atoms with E-state index in [4.69, 9.17) is 0 Å². The zero-order valence-corrected chi connectivity index (χ0v) is 9.59. The van der Waals surface area contributed by atoms with Crippen LogP contribution in [0.1, 0.15) is 23.0 Å². The molecular weight excluding hydrogens is 212 g/mol. The SMILES string of the molecule is Cn1cncc1C(c1ccc[nH]1)c1ccc[nH]1. The molecule has 3 heterocycles. The van der Waals surface area contributed by atoms with Gasteiger partial charge in [0.25, 0.3) is 0 Å². The summed E-state index contributed by atoms with van der Waals surface area (Å²) < 4.78 is 2.05. The maximum atomic E-state index is 4.20. The average Bonchev–Trinajstić information content (AvgIpc) is 3.04. The minimum Gasteiger partial charge on any atom is -0.364 e. The predicted octanol–water partition coefficient (Wildman–Crippen LogP) is 2.26. The second-order valence-electron chi connectivity index (χ2n) is 4.11. The van der Waals surface area contributed by atoms with E-state index in [1.54, 1.807) is 0 Å². The first-order chi connectivity index (χ1) is 8.36. The van der Waals surface area contributed by atoms with Gasteiger partial charge in [-0.2, -0.15) is 0 Å². The molecule has 0 atom stereocenters. The molecule has 0 aliphatic heterocycles. The van der Waals surface area contributed by atoms with Gasteiger partial charge in [-0.25, -0.2) is 4.98 Å². The Morgan fingerprint density at radius 2 is 1.76 bits per heavy atom. The molecular formula is C13H14N4. The number of hydrogen-bond acceptors (Lipinski definition) is 1. The molecule has 0 saturated carbocycles. The van der Waals surface area contributed by atoms with E-state index in [9.17, 15) is 0 Å². The fourth-order valence-corrected chi connectivity index (χ4v) is 2.18. The summed E-state index contributed by atoms with van der Waals surface area (Å²) in [5.74, 6) is 0.174. The van der Waals surface area contributed by atoms with Crippen molar-refractivity contribution in [1.29, 1.82) is 0 Å². The highest BCUT2D eigenvalue weighted by Crippen LogP contribution is 2.28. The fourth-order valence-electron chi connectivity index (χ4n) is 2.18. The first-order valence-corrected chi connectivity index (χ1v) is 5.59. The summed E-state index contributed by atoms with van der Waals surface area (Å²) in [5.41, 5.74) is 3.49. The van der Waals surface area contributed by atoms with Crippen molar-refractivity contribution in [3.63, 3.8) is 0 Å². The van der Waals surface area contributed by atoms with Crippen LogP contribution in [-0.2, 0) is 7.05 Å². The zero-order valence-electron chi connectivity index (χ0n) is 9.59. The number of nitrogens with one attached hydrogen (secondary N) is 2. The topological polar surface area (TPSA) is 49.4 Å². The first kappa shape index (κ1) is 9.96. The number of H-pyrrole nitrogens is 2. The lowest BCUT2D eigenvalue weighted by Gasteiger charge is -2.15. The normalized spacial score (nSPS) is 11.2. The Kier molecular flexibility index (Phi) is 2.33. The standard InChI is InChI=1S/C13H14N4/c1-17-9-14-8-12(17)13(10-4-2-6-15-10)11-5-3-7-16-11/h2-9,13,15-16H,1H3. The molecule has 0 amide bonds. The molecule has 3 rings (SSSR count). The number of hydrogen-bond donors (Lipinski definition) is 2. The number of aryl methyl sites for hydroxylation is 1. The Labute approximate surface area is 99.3 Å². The van der Waals surface area contributed by atoms with E-state index < -0.39 is 0 Å². The van der Waals surface area contributed by atoms with Crippen molar-refractivity contribution in [3.05, 3.63) is 66.3 Å². The van der Waals surface area contributed by atoms with Crippen molar-refractivity contribution in [2.24, 2.45) is 7.05 Å². The van der Waals surface area contributed by atoms with Gasteiger partial charge in [0.05, 0.1) is 17.9 Å². The second-order valence-corrected chi connectivity index (χ2v) is 4.11. The predicted molar refractivity (Wildman–Crippen MR) is 65.7 cm³/mol. The monoisotopic (exact) mass is 226 g/mol. The number of nitrogens with zero attached hydrogens (tertiary/aromatic N) is 2. The summed E-state index contributed by atoms with van der Waals surface area (Å²) in [6.45, 7) is 0. The first-order valence-electron chi connectivity index (χ1n) is 5.59. The van der Waals surface area contributed by atoms with Crippen LogP contribution in [0.3, 0.4) is 0 Å². The van der Waals surface area contributed by atoms with E-state index in [1.165, 1.54) is 0 Å². The van der Waals surface area contributed by atoms with Gasteiger partial charge < -0.3 is 14.5 Å². The van der Waals surface area contributed by atoms with Crippen LogP contribution in [-0.4, -0.2) is 19.5 Å². The molecule has 0 spiro atoms. The third-order valence-electron chi connectivity index (χ3n) is 3.02. The van der Waals surface area contributed by atoms with Gasteiger partial charge in [0, 0.05) is 37.0 Å². The minimum atomic E-state index is 0.174. The van der Waals surface area contributed by atoms with Crippen LogP contribution in [0.25, 0.3) is 0 Å². The van der Waals surface area contributed by atoms with E-state index >= 15 is 0 Å². The van der Waals surface area contributed by atoms with E-state index in [0.29, 0.717) is 0 Å². The molecule has 0 fully saturated rings. The lowest BCUT2D eigenvalue weighted by Crippen LogP contribution is -2.08. The number of aromatic amines is 2. The van der Waals surface area contributed by atoms with Crippen LogP contribution >= 0.6 is 0 Å². The van der Waals surface area contributed by atoms with Crippen LogP contribution in [0.15, 0.2) is 49.2 Å². The summed E-state index contributed by atoms with van der Waals surface area (Å²) in [4.78, 5) is 10.8. The van der Waals surface area contributed by atoms with Gasteiger partial charge in [-0.1, -0.05) is 0 Å². The Balaban J connectivity index is 2.13. The molecule has 86 valence electrons. The quantitative estimate of drug-likeness (QED) is 0.707. The van der Waals surface area contributed by atoms with E-state index in [1.807, 2.05) is 48.7 Å². The third kappa shape index (κ3) is 1.67. The highest BCUT2D eigenvalue weighted by molar-refractivity contribution is 5.33. The molecule has 0 bridgehead atoms. The molecule has 0 aromatic carbocycles. The number of aromatic nitrogens is 4. The van der Waals surface area contributed by atoms with Gasteiger partial charge in [-0.15, -0.1) is 0 Å². The number of rotatable bonds is 3. The largest absolute Gasteiger partial charge is 0.364 e. The molecule has 3 aromatic heterocycles. The summed E-state index contributed by atoms with van der Waals surface area (Å²) in [6.07, 6.45) is 7.63. The molecule has 0 aliphatic carbocycles. The van der Waals surface area contributed by atoms with Crippen molar-refractivity contribution in [1.82, 2.24) is 19.5 Å². The smallest absolute Gasteiger partial charge is 0.0945 e. The maximum absolute atomic E-state index is 4.20. The molecule has 3 aromatic rings. The Bertz CT molecular complexity index is 541. The van der Waals surface area contributed by atoms with Gasteiger partial charge in [0.15, 0.2) is 0 Å². The highest BCUT2D eigenvalue weighted by atomic mass is 15.0. The summed E-state index contributed by atoms with van der Waals surface area (Å²) in [7, 11) is 2.02.